The molecule has 6 nitrogen and oxygen atoms in total. The Morgan fingerprint density at radius 2 is 2.11 bits per heavy atom. The molecule has 142 valence electrons. The first kappa shape index (κ1) is 19.5. The largest absolute Gasteiger partial charge is 0.497 e. The number of aromatic nitrogens is 1. The Bertz CT molecular complexity index is 952. The molecule has 3 rings (SSSR count). The van der Waals surface area contributed by atoms with Gasteiger partial charge in [0.05, 0.1) is 34.7 Å². The number of thiophene rings is 1. The summed E-state index contributed by atoms with van der Waals surface area (Å²) in [5.41, 5.74) is 8.33. The van der Waals surface area contributed by atoms with Gasteiger partial charge in [0.15, 0.2) is 5.13 Å². The smallest absolute Gasteiger partial charge is 0.187 e. The highest BCUT2D eigenvalue weighted by Gasteiger charge is 2.16. The van der Waals surface area contributed by atoms with Gasteiger partial charge in [-0.05, 0) is 24.0 Å². The predicted octanol–water partition coefficient (Wildman–Crippen LogP) is 5.03. The van der Waals surface area contributed by atoms with Crippen LogP contribution in [0.4, 0.5) is 10.8 Å². The monoisotopic (exact) mass is 420 g/mol. The number of amidine groups is 1. The van der Waals surface area contributed by atoms with E-state index in [-0.39, 0.29) is 5.84 Å². The molecule has 2 heterocycles. The third-order valence-corrected chi connectivity index (χ3v) is 6.76. The molecule has 2 aromatic heterocycles. The third kappa shape index (κ3) is 4.37. The van der Waals surface area contributed by atoms with Crippen LogP contribution in [0.15, 0.2) is 33.9 Å². The van der Waals surface area contributed by atoms with Gasteiger partial charge in [-0.2, -0.15) is 0 Å². The van der Waals surface area contributed by atoms with Crippen molar-refractivity contribution < 1.29 is 9.47 Å². The predicted molar refractivity (Wildman–Crippen MR) is 116 cm³/mol. The maximum atomic E-state index is 7.70. The number of nitrogen functional groups attached to an aromatic ring is 1. The van der Waals surface area contributed by atoms with E-state index in [0.717, 1.165) is 42.7 Å². The van der Waals surface area contributed by atoms with Crippen molar-refractivity contribution in [1.29, 1.82) is 5.41 Å². The van der Waals surface area contributed by atoms with Gasteiger partial charge in [0.25, 0.3) is 0 Å². The molecule has 3 aromatic rings. The molecule has 0 radical (unpaired) electrons. The minimum absolute atomic E-state index is 0.0823. The molecular weight excluding hydrogens is 400 g/mol. The van der Waals surface area contributed by atoms with E-state index in [9.17, 15) is 0 Å². The van der Waals surface area contributed by atoms with E-state index < -0.39 is 0 Å². The number of ether oxygens (including phenoxy) is 2. The molecule has 0 aliphatic heterocycles. The quantitative estimate of drug-likeness (QED) is 0.269. The standard InChI is InChI=1S/C18H20N4O2S3/c1-4-25-17-11(8-15(27-17)16(19)20)13-9-26-18(22-13)21-12-7-10(23-2)5-6-14(12)24-3/h5-9H,4H2,1-3H3,(H3,19,20)(H,21,22). The molecule has 27 heavy (non-hydrogen) atoms. The first-order chi connectivity index (χ1) is 13.0. The maximum Gasteiger partial charge on any atom is 0.187 e. The number of hydrogen-bond acceptors (Lipinski definition) is 8. The van der Waals surface area contributed by atoms with Crippen molar-refractivity contribution in [2.24, 2.45) is 5.73 Å². The number of methoxy groups -OCH3 is 2. The van der Waals surface area contributed by atoms with Crippen LogP contribution < -0.4 is 20.5 Å². The Hall–Kier alpha value is -2.23. The molecule has 1 aromatic carbocycles. The van der Waals surface area contributed by atoms with Crippen LogP contribution in [-0.2, 0) is 0 Å². The number of nitrogens with one attached hydrogen (secondary N) is 2. The fourth-order valence-electron chi connectivity index (χ4n) is 2.41. The number of hydrogen-bond donors (Lipinski definition) is 3. The van der Waals surface area contributed by atoms with Crippen LogP contribution in [0.5, 0.6) is 11.5 Å². The van der Waals surface area contributed by atoms with Gasteiger partial charge >= 0.3 is 0 Å². The highest BCUT2D eigenvalue weighted by molar-refractivity contribution is 8.01. The summed E-state index contributed by atoms with van der Waals surface area (Å²) in [6.07, 6.45) is 0. The Morgan fingerprint density at radius 1 is 1.30 bits per heavy atom. The normalized spacial score (nSPS) is 10.6. The molecule has 4 N–H and O–H groups in total. The SMILES string of the molecule is CCSc1sc(C(=N)N)cc1-c1csc(Nc2cc(OC)ccc2OC)n1. The molecule has 0 saturated heterocycles. The molecule has 0 unspecified atom stereocenters. The van der Waals surface area contributed by atoms with Gasteiger partial charge in [-0.1, -0.05) is 6.92 Å². The summed E-state index contributed by atoms with van der Waals surface area (Å²) in [4.78, 5) is 5.48. The molecule has 0 fully saturated rings. The van der Waals surface area contributed by atoms with Crippen LogP contribution in [0, 0.1) is 5.41 Å². The topological polar surface area (TPSA) is 93.3 Å². The van der Waals surface area contributed by atoms with Crippen molar-refractivity contribution in [3.63, 3.8) is 0 Å². The molecule has 0 amide bonds. The van der Waals surface area contributed by atoms with Crippen LogP contribution in [0.25, 0.3) is 11.3 Å². The molecule has 0 spiro atoms. The van der Waals surface area contributed by atoms with Gasteiger partial charge in [-0.15, -0.1) is 34.4 Å². The first-order valence-corrected chi connectivity index (χ1v) is 10.8. The summed E-state index contributed by atoms with van der Waals surface area (Å²) >= 11 is 4.77. The zero-order valence-corrected chi connectivity index (χ0v) is 17.6. The van der Waals surface area contributed by atoms with Crippen molar-refractivity contribution in [2.75, 3.05) is 25.3 Å². The Labute approximate surface area is 170 Å². The van der Waals surface area contributed by atoms with Crippen LogP contribution in [0.2, 0.25) is 0 Å². The average molecular weight is 421 g/mol. The molecule has 0 bridgehead atoms. The fourth-order valence-corrected chi connectivity index (χ4v) is 5.33. The number of thioether (sulfide) groups is 1. The summed E-state index contributed by atoms with van der Waals surface area (Å²) in [5.74, 6) is 2.48. The van der Waals surface area contributed by atoms with Crippen LogP contribution in [0.3, 0.4) is 0 Å². The summed E-state index contributed by atoms with van der Waals surface area (Å²) in [5, 5.41) is 13.8. The highest BCUT2D eigenvalue weighted by Crippen LogP contribution is 2.40. The summed E-state index contributed by atoms with van der Waals surface area (Å²) < 4.78 is 11.8. The van der Waals surface area contributed by atoms with Gasteiger partial charge in [0, 0.05) is 17.0 Å². The second-order valence-corrected chi connectivity index (χ2v) is 8.83. The minimum Gasteiger partial charge on any atom is -0.497 e. The number of nitrogens with two attached hydrogens (primary N) is 1. The van der Waals surface area contributed by atoms with E-state index in [4.69, 9.17) is 25.6 Å². The summed E-state index contributed by atoms with van der Waals surface area (Å²) in [7, 11) is 3.26. The lowest BCUT2D eigenvalue weighted by Gasteiger charge is -2.10. The molecule has 0 atom stereocenters. The van der Waals surface area contributed by atoms with E-state index in [0.29, 0.717) is 5.75 Å². The van der Waals surface area contributed by atoms with Gasteiger partial charge in [-0.3, -0.25) is 5.41 Å². The molecule has 0 saturated carbocycles. The van der Waals surface area contributed by atoms with Crippen molar-refractivity contribution in [1.82, 2.24) is 4.98 Å². The number of thiazole rings is 1. The molecule has 0 aliphatic carbocycles. The second kappa shape index (κ2) is 8.64. The maximum absolute atomic E-state index is 7.70. The van der Waals surface area contributed by atoms with Gasteiger partial charge in [-0.25, -0.2) is 4.98 Å². The number of rotatable bonds is 8. The van der Waals surface area contributed by atoms with E-state index in [1.54, 1.807) is 26.0 Å². The van der Waals surface area contributed by atoms with Crippen LogP contribution in [-0.4, -0.2) is 30.8 Å². The lowest BCUT2D eigenvalue weighted by atomic mass is 10.2. The van der Waals surface area contributed by atoms with Crippen LogP contribution >= 0.6 is 34.4 Å². The highest BCUT2D eigenvalue weighted by atomic mass is 32.2. The van der Waals surface area contributed by atoms with Gasteiger partial charge < -0.3 is 20.5 Å². The van der Waals surface area contributed by atoms with E-state index in [1.165, 1.54) is 22.7 Å². The fraction of sp³-hybridized carbons (Fsp3) is 0.222. The van der Waals surface area contributed by atoms with Crippen LogP contribution in [0.1, 0.15) is 11.8 Å². The van der Waals surface area contributed by atoms with Crippen molar-refractivity contribution in [2.45, 2.75) is 11.1 Å². The molecule has 9 heteroatoms. The van der Waals surface area contributed by atoms with E-state index in [2.05, 4.69) is 12.2 Å². The van der Waals surface area contributed by atoms with Crippen molar-refractivity contribution in [3.05, 3.63) is 34.5 Å². The van der Waals surface area contributed by atoms with Gasteiger partial charge in [0.1, 0.15) is 17.3 Å². The second-order valence-electron chi connectivity index (χ2n) is 5.39. The number of benzene rings is 1. The summed E-state index contributed by atoms with van der Waals surface area (Å²) in [6, 6.07) is 7.51. The minimum atomic E-state index is 0.0823. The summed E-state index contributed by atoms with van der Waals surface area (Å²) in [6.45, 7) is 2.10. The molecular formula is C18H20N4O2S3. The van der Waals surface area contributed by atoms with E-state index in [1.807, 2.05) is 29.6 Å². The Morgan fingerprint density at radius 3 is 2.78 bits per heavy atom. The number of anilines is 2. The average Bonchev–Trinajstić information content (AvgIpc) is 3.29. The number of nitrogens with zero attached hydrogens (tertiary/aromatic N) is 1. The Kier molecular flexibility index (Phi) is 6.25. The van der Waals surface area contributed by atoms with Crippen molar-refractivity contribution >= 4 is 51.1 Å². The first-order valence-electron chi connectivity index (χ1n) is 8.11. The lowest BCUT2D eigenvalue weighted by Crippen LogP contribution is -2.08. The van der Waals surface area contributed by atoms with E-state index >= 15 is 0 Å². The Balaban J connectivity index is 1.91. The third-order valence-electron chi connectivity index (χ3n) is 3.67. The zero-order valence-electron chi connectivity index (χ0n) is 15.2. The molecule has 0 aliphatic rings. The lowest BCUT2D eigenvalue weighted by molar-refractivity contribution is 0.405. The zero-order chi connectivity index (χ0) is 19.4. The van der Waals surface area contributed by atoms with Crippen molar-refractivity contribution in [3.8, 4) is 22.8 Å². The van der Waals surface area contributed by atoms with Gasteiger partial charge in [0.2, 0.25) is 0 Å².